The van der Waals surface area contributed by atoms with Gasteiger partial charge in [0.25, 0.3) is 0 Å². The smallest absolute Gasteiger partial charge is 0.0991 e. The lowest BCUT2D eigenvalue weighted by Gasteiger charge is -2.37. The molecule has 3 heteroatoms. The summed E-state index contributed by atoms with van der Waals surface area (Å²) >= 11 is 0. The molecule has 1 N–H and O–H groups in total. The largest absolute Gasteiger partial charge is 0.361 e. The van der Waals surface area contributed by atoms with Crippen LogP contribution in [0.1, 0.15) is 36.0 Å². The van der Waals surface area contributed by atoms with E-state index in [0.29, 0.717) is 6.04 Å². The van der Waals surface area contributed by atoms with Crippen LogP contribution in [0.15, 0.2) is 54.7 Å². The predicted molar refractivity (Wildman–Crippen MR) is 111 cm³/mol. The second-order valence-electron chi connectivity index (χ2n) is 7.94. The summed E-state index contributed by atoms with van der Waals surface area (Å²) in [6, 6.07) is 19.7. The maximum Gasteiger partial charge on any atom is 0.0991 e. The van der Waals surface area contributed by atoms with Crippen molar-refractivity contribution < 1.29 is 0 Å². The number of rotatable bonds is 5. The fourth-order valence-electron chi connectivity index (χ4n) is 4.50. The van der Waals surface area contributed by atoms with Gasteiger partial charge in [0.1, 0.15) is 0 Å². The van der Waals surface area contributed by atoms with Crippen LogP contribution in [0.25, 0.3) is 10.9 Å². The second kappa shape index (κ2) is 7.98. The number of likely N-dealkylation sites (tertiary alicyclic amines) is 1. The van der Waals surface area contributed by atoms with E-state index in [2.05, 4.69) is 59.5 Å². The molecular weight excluding hydrogens is 330 g/mol. The van der Waals surface area contributed by atoms with Gasteiger partial charge >= 0.3 is 0 Å². The molecule has 3 nitrogen and oxygen atoms in total. The maximum absolute atomic E-state index is 9.18. The molecule has 3 aromatic rings. The van der Waals surface area contributed by atoms with Crippen LogP contribution in [0.5, 0.6) is 0 Å². The number of benzene rings is 2. The van der Waals surface area contributed by atoms with Gasteiger partial charge in [-0.25, -0.2) is 0 Å². The lowest BCUT2D eigenvalue weighted by molar-refractivity contribution is 0.134. The zero-order chi connectivity index (χ0) is 18.6. The Morgan fingerprint density at radius 2 is 2.04 bits per heavy atom. The first-order chi connectivity index (χ1) is 13.2. The zero-order valence-electron chi connectivity index (χ0n) is 16.0. The zero-order valence-corrected chi connectivity index (χ0v) is 16.0. The summed E-state index contributed by atoms with van der Waals surface area (Å²) in [6.07, 6.45) is 8.12. The van der Waals surface area contributed by atoms with Gasteiger partial charge in [-0.15, -0.1) is 0 Å². The molecule has 27 heavy (non-hydrogen) atoms. The Morgan fingerprint density at radius 3 is 2.85 bits per heavy atom. The number of nitriles is 1. The first kappa shape index (κ1) is 17.8. The average molecular weight is 358 g/mol. The van der Waals surface area contributed by atoms with E-state index in [1.807, 2.05) is 18.2 Å². The van der Waals surface area contributed by atoms with E-state index in [4.69, 9.17) is 0 Å². The lowest BCUT2D eigenvalue weighted by atomic mass is 9.84. The molecule has 0 spiro atoms. The highest BCUT2D eigenvalue weighted by molar-refractivity contribution is 5.84. The number of aromatic nitrogens is 1. The number of hydrogen-bond donors (Lipinski definition) is 1. The van der Waals surface area contributed by atoms with Crippen LogP contribution in [0.4, 0.5) is 0 Å². The predicted octanol–water partition coefficient (Wildman–Crippen LogP) is 4.93. The molecule has 0 bridgehead atoms. The van der Waals surface area contributed by atoms with E-state index in [0.717, 1.165) is 23.4 Å². The molecular formula is C24H27N3. The van der Waals surface area contributed by atoms with Gasteiger partial charge in [-0.1, -0.05) is 30.3 Å². The van der Waals surface area contributed by atoms with Crippen LogP contribution in [0.2, 0.25) is 0 Å². The molecule has 138 valence electrons. The highest BCUT2D eigenvalue weighted by atomic mass is 15.1. The monoisotopic (exact) mass is 357 g/mol. The number of nitrogens with zero attached hydrogens (tertiary/aromatic N) is 2. The number of H-pyrrole nitrogens is 1. The van der Waals surface area contributed by atoms with E-state index >= 15 is 0 Å². The van der Waals surface area contributed by atoms with Gasteiger partial charge in [0, 0.05) is 23.1 Å². The number of aromatic amines is 1. The van der Waals surface area contributed by atoms with Gasteiger partial charge in [-0.2, -0.15) is 5.26 Å². The van der Waals surface area contributed by atoms with Crippen molar-refractivity contribution in [2.45, 2.75) is 38.1 Å². The number of piperidine rings is 1. The Hall–Kier alpha value is -2.57. The Bertz CT molecular complexity index is 935. The summed E-state index contributed by atoms with van der Waals surface area (Å²) in [4.78, 5) is 5.90. The van der Waals surface area contributed by atoms with Crippen LogP contribution in [0.3, 0.4) is 0 Å². The highest BCUT2D eigenvalue weighted by Crippen LogP contribution is 2.29. The van der Waals surface area contributed by atoms with Crippen LogP contribution >= 0.6 is 0 Å². The Kier molecular flexibility index (Phi) is 5.27. The van der Waals surface area contributed by atoms with E-state index in [-0.39, 0.29) is 0 Å². The highest BCUT2D eigenvalue weighted by Gasteiger charge is 2.26. The van der Waals surface area contributed by atoms with Gasteiger partial charge in [-0.05, 0) is 80.9 Å². The van der Waals surface area contributed by atoms with Crippen molar-refractivity contribution in [2.75, 3.05) is 13.6 Å². The van der Waals surface area contributed by atoms with Crippen molar-refractivity contribution in [3.8, 4) is 6.07 Å². The van der Waals surface area contributed by atoms with E-state index in [1.165, 1.54) is 48.7 Å². The van der Waals surface area contributed by atoms with Gasteiger partial charge in [0.05, 0.1) is 11.6 Å². The molecule has 1 aliphatic heterocycles. The van der Waals surface area contributed by atoms with Gasteiger partial charge in [0.2, 0.25) is 0 Å². The van der Waals surface area contributed by atoms with Crippen molar-refractivity contribution in [1.82, 2.24) is 9.88 Å². The minimum absolute atomic E-state index is 0.636. The fraction of sp³-hybridized carbons (Fsp3) is 0.375. The van der Waals surface area contributed by atoms with Crippen molar-refractivity contribution >= 4 is 10.9 Å². The molecule has 4 rings (SSSR count). The SMILES string of the molecule is CN1CC[C@H](Cc2ccccc2)C[C@@H]1CCc1c[nH]c2ccc(C#N)cc12. The van der Waals surface area contributed by atoms with Gasteiger partial charge in [0.15, 0.2) is 0 Å². The minimum Gasteiger partial charge on any atom is -0.361 e. The number of fused-ring (bicyclic) bond motifs is 1. The normalized spacial score (nSPS) is 20.6. The van der Waals surface area contributed by atoms with Crippen molar-refractivity contribution in [2.24, 2.45) is 5.92 Å². The van der Waals surface area contributed by atoms with E-state index < -0.39 is 0 Å². The molecule has 1 aliphatic rings. The van der Waals surface area contributed by atoms with Gasteiger partial charge in [-0.3, -0.25) is 0 Å². The molecule has 1 saturated heterocycles. The third kappa shape index (κ3) is 4.07. The molecule has 1 aromatic heterocycles. The molecule has 2 aromatic carbocycles. The van der Waals surface area contributed by atoms with Crippen molar-refractivity contribution in [1.29, 1.82) is 5.26 Å². The van der Waals surface area contributed by atoms with E-state index in [1.54, 1.807) is 0 Å². The number of aryl methyl sites for hydroxylation is 1. The van der Waals surface area contributed by atoms with Crippen LogP contribution < -0.4 is 0 Å². The Morgan fingerprint density at radius 1 is 1.19 bits per heavy atom. The standard InChI is InChI=1S/C24H27N3/c1-27-12-11-19(13-18-5-3-2-4-6-18)14-22(27)9-8-21-17-26-24-10-7-20(16-25)15-23(21)24/h2-7,10,15,17,19,22,26H,8-9,11-14H2,1H3/t19-,22+/m1/s1. The lowest BCUT2D eigenvalue weighted by Crippen LogP contribution is -2.40. The molecule has 0 amide bonds. The maximum atomic E-state index is 9.18. The van der Waals surface area contributed by atoms with Gasteiger partial charge < -0.3 is 9.88 Å². The molecule has 1 fully saturated rings. The van der Waals surface area contributed by atoms with Crippen LogP contribution in [0, 0.1) is 17.2 Å². The minimum atomic E-state index is 0.636. The quantitative estimate of drug-likeness (QED) is 0.704. The molecule has 0 radical (unpaired) electrons. The van der Waals surface area contributed by atoms with E-state index in [9.17, 15) is 5.26 Å². The molecule has 2 atom stereocenters. The summed E-state index contributed by atoms with van der Waals surface area (Å²) in [7, 11) is 2.27. The summed E-state index contributed by atoms with van der Waals surface area (Å²) < 4.78 is 0. The third-order valence-corrected chi connectivity index (χ3v) is 6.13. The summed E-state index contributed by atoms with van der Waals surface area (Å²) in [5.74, 6) is 0.779. The summed E-state index contributed by atoms with van der Waals surface area (Å²) in [6.45, 7) is 1.19. The molecule has 2 heterocycles. The molecule has 0 saturated carbocycles. The average Bonchev–Trinajstić information content (AvgIpc) is 3.11. The Balaban J connectivity index is 1.41. The number of nitrogens with one attached hydrogen (secondary N) is 1. The van der Waals surface area contributed by atoms with Crippen molar-refractivity contribution in [3.05, 3.63) is 71.4 Å². The fourth-order valence-corrected chi connectivity index (χ4v) is 4.50. The number of hydrogen-bond acceptors (Lipinski definition) is 2. The third-order valence-electron chi connectivity index (χ3n) is 6.13. The molecule has 0 unspecified atom stereocenters. The summed E-state index contributed by atoms with van der Waals surface area (Å²) in [5, 5.41) is 10.4. The van der Waals surface area contributed by atoms with Crippen molar-refractivity contribution in [3.63, 3.8) is 0 Å². The van der Waals surface area contributed by atoms with Crippen LogP contribution in [-0.4, -0.2) is 29.5 Å². The Labute approximate surface area is 161 Å². The summed E-state index contributed by atoms with van der Waals surface area (Å²) in [5.41, 5.74) is 4.66. The first-order valence-electron chi connectivity index (χ1n) is 9.97. The first-order valence-corrected chi connectivity index (χ1v) is 9.97. The van der Waals surface area contributed by atoms with Crippen LogP contribution in [-0.2, 0) is 12.8 Å². The topological polar surface area (TPSA) is 42.8 Å². The molecule has 0 aliphatic carbocycles. The second-order valence-corrected chi connectivity index (χ2v) is 7.94.